The van der Waals surface area contributed by atoms with Crippen LogP contribution in [0, 0.1) is 6.92 Å². The fourth-order valence-corrected chi connectivity index (χ4v) is 2.80. The summed E-state index contributed by atoms with van der Waals surface area (Å²) in [6.07, 6.45) is 2.38. The average Bonchev–Trinajstić information content (AvgIpc) is 2.51. The van der Waals surface area contributed by atoms with Crippen molar-refractivity contribution in [1.82, 2.24) is 4.90 Å². The van der Waals surface area contributed by atoms with Crippen LogP contribution < -0.4 is 0 Å². The highest BCUT2D eigenvalue weighted by molar-refractivity contribution is 6.67. The maximum atomic E-state index is 12.5. The lowest BCUT2D eigenvalue weighted by atomic mass is 9.93. The summed E-state index contributed by atoms with van der Waals surface area (Å²) in [5.74, 6) is -0.411. The van der Waals surface area contributed by atoms with Gasteiger partial charge in [-0.1, -0.05) is 58.6 Å². The molecule has 1 aromatic carbocycles. The Bertz CT molecular complexity index is 713. The van der Waals surface area contributed by atoms with Gasteiger partial charge in [-0.3, -0.25) is 9.69 Å². The molecule has 26 heavy (non-hydrogen) atoms. The molecule has 1 aliphatic rings. The van der Waals surface area contributed by atoms with E-state index in [1.165, 1.54) is 4.90 Å². The first kappa shape index (κ1) is 20.9. The monoisotopic (exact) mass is 419 g/mol. The minimum Gasteiger partial charge on any atom is -0.463 e. The van der Waals surface area contributed by atoms with Crippen molar-refractivity contribution in [2.75, 3.05) is 6.61 Å². The predicted molar refractivity (Wildman–Crippen MR) is 102 cm³/mol. The maximum absolute atomic E-state index is 12.5. The van der Waals surface area contributed by atoms with Crippen LogP contribution in [0.15, 0.2) is 24.4 Å². The van der Waals surface area contributed by atoms with Gasteiger partial charge in [0.05, 0.1) is 18.6 Å². The highest BCUT2D eigenvalue weighted by atomic mass is 35.6. The molecule has 0 unspecified atom stereocenters. The number of ether oxygens (including phenoxy) is 2. The van der Waals surface area contributed by atoms with Gasteiger partial charge in [-0.15, -0.1) is 0 Å². The van der Waals surface area contributed by atoms with E-state index in [2.05, 4.69) is 0 Å². The Hall–Kier alpha value is -1.43. The van der Waals surface area contributed by atoms with Crippen LogP contribution in [-0.4, -0.2) is 33.5 Å². The molecule has 0 saturated carbocycles. The molecule has 1 aliphatic heterocycles. The second-order valence-electron chi connectivity index (χ2n) is 6.28. The molecular weight excluding hydrogens is 401 g/mol. The highest BCUT2D eigenvalue weighted by Crippen LogP contribution is 2.35. The lowest BCUT2D eigenvalue weighted by Gasteiger charge is -2.32. The molecule has 0 saturated heterocycles. The Kier molecular flexibility index (Phi) is 6.83. The Labute approximate surface area is 167 Å². The molecule has 0 bridgehead atoms. The largest absolute Gasteiger partial charge is 0.463 e. The number of esters is 1. The smallest absolute Gasteiger partial charge is 0.414 e. The van der Waals surface area contributed by atoms with Crippen LogP contribution in [0.1, 0.15) is 43.0 Å². The number of halogens is 3. The maximum Gasteiger partial charge on any atom is 0.414 e. The van der Waals surface area contributed by atoms with Crippen LogP contribution in [0.4, 0.5) is 4.79 Å². The van der Waals surface area contributed by atoms with Crippen molar-refractivity contribution >= 4 is 52.9 Å². The summed E-state index contributed by atoms with van der Waals surface area (Å²) in [5.41, 5.74) is 2.83. The summed E-state index contributed by atoms with van der Waals surface area (Å²) in [4.78, 5) is 26.0. The quantitative estimate of drug-likeness (QED) is 0.498. The van der Waals surface area contributed by atoms with Crippen molar-refractivity contribution in [3.05, 3.63) is 41.1 Å². The van der Waals surface area contributed by atoms with E-state index in [-0.39, 0.29) is 12.5 Å². The summed E-state index contributed by atoms with van der Waals surface area (Å²) in [5, 5.41) is 0. The Morgan fingerprint density at radius 2 is 1.96 bits per heavy atom. The molecular formula is C18H20Cl3NO4. The van der Waals surface area contributed by atoms with E-state index in [1.807, 2.05) is 25.1 Å². The first-order valence-corrected chi connectivity index (χ1v) is 9.20. The normalized spacial score (nSPS) is 16.4. The topological polar surface area (TPSA) is 55.8 Å². The third-order valence-corrected chi connectivity index (χ3v) is 3.98. The van der Waals surface area contributed by atoms with E-state index in [0.29, 0.717) is 0 Å². The van der Waals surface area contributed by atoms with Crippen LogP contribution in [-0.2, 0) is 14.3 Å². The number of aryl methyl sites for hydroxylation is 1. The molecule has 1 heterocycles. The molecule has 5 nitrogen and oxygen atoms in total. The van der Waals surface area contributed by atoms with Crippen LogP contribution in [0.25, 0.3) is 6.08 Å². The molecule has 0 aliphatic carbocycles. The molecule has 1 aromatic rings. The van der Waals surface area contributed by atoms with Crippen molar-refractivity contribution in [2.45, 2.75) is 43.1 Å². The fourth-order valence-electron chi connectivity index (χ4n) is 2.64. The molecule has 1 amide bonds. The molecule has 142 valence electrons. The molecule has 0 aromatic heterocycles. The Morgan fingerprint density at radius 3 is 2.58 bits per heavy atom. The SMILES string of the molecule is Cc1ccc2c(c1)C=CN(C(=O)OCC(Cl)(Cl)Cl)[C@@H]2CC(=O)OC(C)C. The lowest BCUT2D eigenvalue weighted by molar-refractivity contribution is -0.148. The Balaban J connectivity index is 2.26. The van der Waals surface area contributed by atoms with Gasteiger partial charge in [-0.2, -0.15) is 0 Å². The van der Waals surface area contributed by atoms with E-state index in [1.54, 1.807) is 26.1 Å². The van der Waals surface area contributed by atoms with E-state index in [4.69, 9.17) is 44.3 Å². The van der Waals surface area contributed by atoms with Crippen LogP contribution in [0.2, 0.25) is 0 Å². The molecule has 0 radical (unpaired) electrons. The van der Waals surface area contributed by atoms with Gasteiger partial charge in [-0.25, -0.2) is 4.79 Å². The minimum absolute atomic E-state index is 0.0125. The van der Waals surface area contributed by atoms with Gasteiger partial charge in [0.1, 0.15) is 6.61 Å². The number of benzene rings is 1. The third kappa shape index (κ3) is 5.79. The molecule has 1 atom stereocenters. The summed E-state index contributed by atoms with van der Waals surface area (Å²) >= 11 is 16.9. The van der Waals surface area contributed by atoms with Gasteiger partial charge in [-0.05, 0) is 38.0 Å². The predicted octanol–water partition coefficient (Wildman–Crippen LogP) is 5.17. The lowest BCUT2D eigenvalue weighted by Crippen LogP contribution is -2.36. The molecule has 0 spiro atoms. The van der Waals surface area contributed by atoms with E-state index in [9.17, 15) is 9.59 Å². The van der Waals surface area contributed by atoms with Gasteiger partial charge in [0.2, 0.25) is 3.79 Å². The number of amides is 1. The number of hydrogen-bond acceptors (Lipinski definition) is 4. The average molecular weight is 421 g/mol. The van der Waals surface area contributed by atoms with Crippen LogP contribution in [0.5, 0.6) is 0 Å². The first-order chi connectivity index (χ1) is 12.1. The number of fused-ring (bicyclic) bond motifs is 1. The summed E-state index contributed by atoms with van der Waals surface area (Å²) in [6.45, 7) is 5.11. The van der Waals surface area contributed by atoms with Gasteiger partial charge >= 0.3 is 12.1 Å². The van der Waals surface area contributed by atoms with E-state index >= 15 is 0 Å². The third-order valence-electron chi connectivity index (χ3n) is 3.65. The second-order valence-corrected chi connectivity index (χ2v) is 8.80. The van der Waals surface area contributed by atoms with Gasteiger partial charge in [0, 0.05) is 6.20 Å². The molecule has 8 heteroatoms. The molecule has 0 fully saturated rings. The van der Waals surface area contributed by atoms with Crippen molar-refractivity contribution in [3.8, 4) is 0 Å². The molecule has 0 N–H and O–H groups in total. The number of carbonyl (C=O) groups is 2. The fraction of sp³-hybridized carbons (Fsp3) is 0.444. The molecule has 2 rings (SSSR count). The number of rotatable bonds is 4. The standard InChI is InChI=1S/C18H20Cl3NO4/c1-11(2)26-16(23)9-15-14-5-4-12(3)8-13(14)6-7-22(15)17(24)25-10-18(19,20)21/h4-8,11,15H,9-10H2,1-3H3/t15-/m1/s1. The van der Waals surface area contributed by atoms with Gasteiger partial charge in [0.25, 0.3) is 0 Å². The zero-order valence-electron chi connectivity index (χ0n) is 14.7. The van der Waals surface area contributed by atoms with Crippen LogP contribution >= 0.6 is 34.8 Å². The summed E-state index contributed by atoms with van der Waals surface area (Å²) in [7, 11) is 0. The number of alkyl halides is 3. The summed E-state index contributed by atoms with van der Waals surface area (Å²) < 4.78 is 8.58. The van der Waals surface area contributed by atoms with E-state index in [0.717, 1.165) is 16.7 Å². The minimum atomic E-state index is -1.71. The van der Waals surface area contributed by atoms with Crippen molar-refractivity contribution in [1.29, 1.82) is 0 Å². The summed E-state index contributed by atoms with van der Waals surface area (Å²) in [6, 6.07) is 5.22. The highest BCUT2D eigenvalue weighted by Gasteiger charge is 2.33. The first-order valence-electron chi connectivity index (χ1n) is 8.07. The van der Waals surface area contributed by atoms with Gasteiger partial charge < -0.3 is 9.47 Å². The Morgan fingerprint density at radius 1 is 1.27 bits per heavy atom. The number of nitrogens with zero attached hydrogens (tertiary/aromatic N) is 1. The zero-order valence-corrected chi connectivity index (χ0v) is 16.9. The second kappa shape index (κ2) is 8.51. The zero-order chi connectivity index (χ0) is 19.5. The van der Waals surface area contributed by atoms with Crippen LogP contribution in [0.3, 0.4) is 0 Å². The van der Waals surface area contributed by atoms with E-state index < -0.39 is 28.5 Å². The van der Waals surface area contributed by atoms with Crippen molar-refractivity contribution in [2.24, 2.45) is 0 Å². The van der Waals surface area contributed by atoms with Gasteiger partial charge in [0.15, 0.2) is 0 Å². The van der Waals surface area contributed by atoms with Crippen molar-refractivity contribution in [3.63, 3.8) is 0 Å². The van der Waals surface area contributed by atoms with Crippen molar-refractivity contribution < 1.29 is 19.1 Å². The number of hydrogen-bond donors (Lipinski definition) is 0. The number of carbonyl (C=O) groups excluding carboxylic acids is 2.